The van der Waals surface area contributed by atoms with Crippen LogP contribution in [0.3, 0.4) is 0 Å². The maximum absolute atomic E-state index is 11.1. The van der Waals surface area contributed by atoms with E-state index in [2.05, 4.69) is 0 Å². The third kappa shape index (κ3) is 5.91. The highest BCUT2D eigenvalue weighted by Crippen LogP contribution is 2.37. The van der Waals surface area contributed by atoms with Crippen molar-refractivity contribution in [1.82, 2.24) is 0 Å². The normalized spacial score (nSPS) is 25.9. The summed E-state index contributed by atoms with van der Waals surface area (Å²) in [5.74, 6) is 0.139. The molecule has 5 atom stereocenters. The molecule has 0 spiro atoms. The van der Waals surface area contributed by atoms with Crippen LogP contribution in [0.25, 0.3) is 0 Å². The Labute approximate surface area is 190 Å². The van der Waals surface area contributed by atoms with E-state index in [1.807, 2.05) is 37.3 Å². The van der Waals surface area contributed by atoms with Gasteiger partial charge in [0.1, 0.15) is 35.6 Å². The van der Waals surface area contributed by atoms with E-state index in [1.54, 1.807) is 12.1 Å². The van der Waals surface area contributed by atoms with Crippen molar-refractivity contribution in [2.24, 2.45) is 5.73 Å². The largest absolute Gasteiger partial charge is 0.494 e. The van der Waals surface area contributed by atoms with Crippen molar-refractivity contribution in [1.29, 1.82) is 0 Å². The van der Waals surface area contributed by atoms with Crippen LogP contribution >= 0.6 is 23.4 Å². The molecule has 0 aromatic heterocycles. The van der Waals surface area contributed by atoms with Crippen LogP contribution in [0.2, 0.25) is 5.02 Å². The monoisotopic (exact) mass is 467 g/mol. The fourth-order valence-corrected chi connectivity index (χ4v) is 4.49. The van der Waals surface area contributed by atoms with Gasteiger partial charge in [0.2, 0.25) is 5.91 Å². The number of primary amides is 1. The van der Waals surface area contributed by atoms with Gasteiger partial charge in [-0.15, -0.1) is 11.8 Å². The highest BCUT2D eigenvalue weighted by molar-refractivity contribution is 8.00. The summed E-state index contributed by atoms with van der Waals surface area (Å²) in [4.78, 5) is 11.1. The molecule has 1 aliphatic heterocycles. The van der Waals surface area contributed by atoms with Crippen molar-refractivity contribution in [3.05, 3.63) is 64.2 Å². The van der Waals surface area contributed by atoms with E-state index in [9.17, 15) is 20.1 Å². The zero-order valence-electron chi connectivity index (χ0n) is 17.0. The molecule has 9 heteroatoms. The van der Waals surface area contributed by atoms with E-state index in [0.717, 1.165) is 28.6 Å². The molecule has 0 saturated carbocycles. The molecular weight excluding hydrogens is 442 g/mol. The van der Waals surface area contributed by atoms with Gasteiger partial charge in [-0.3, -0.25) is 4.79 Å². The second-order valence-electron chi connectivity index (χ2n) is 7.28. The molecule has 1 fully saturated rings. The average Bonchev–Trinajstić information content (AvgIpc) is 2.75. The summed E-state index contributed by atoms with van der Waals surface area (Å²) < 4.78 is 11.3. The van der Waals surface area contributed by atoms with Gasteiger partial charge in [0.25, 0.3) is 0 Å². The van der Waals surface area contributed by atoms with Crippen molar-refractivity contribution in [2.75, 3.05) is 12.4 Å². The molecule has 1 saturated heterocycles. The summed E-state index contributed by atoms with van der Waals surface area (Å²) in [6, 6.07) is 12.9. The number of benzene rings is 2. The van der Waals surface area contributed by atoms with Crippen LogP contribution in [0.15, 0.2) is 42.5 Å². The highest BCUT2D eigenvalue weighted by atomic mass is 35.5. The summed E-state index contributed by atoms with van der Waals surface area (Å²) in [7, 11) is 0. The third-order valence-corrected chi connectivity index (χ3v) is 6.53. The van der Waals surface area contributed by atoms with E-state index < -0.39 is 35.8 Å². The van der Waals surface area contributed by atoms with Crippen LogP contribution in [0.1, 0.15) is 29.7 Å². The first-order valence-electron chi connectivity index (χ1n) is 9.89. The number of carbonyl (C=O) groups is 1. The van der Waals surface area contributed by atoms with Gasteiger partial charge in [0, 0.05) is 5.02 Å². The number of aliphatic hydroxyl groups excluding tert-OH is 3. The Morgan fingerprint density at radius 2 is 1.84 bits per heavy atom. The first-order valence-corrected chi connectivity index (χ1v) is 11.3. The van der Waals surface area contributed by atoms with Gasteiger partial charge >= 0.3 is 0 Å². The number of carbonyl (C=O) groups excluding carboxylic acids is 1. The Morgan fingerprint density at radius 1 is 1.13 bits per heavy atom. The summed E-state index contributed by atoms with van der Waals surface area (Å²) in [5, 5.41) is 31.6. The van der Waals surface area contributed by atoms with E-state index in [-0.39, 0.29) is 5.75 Å². The molecule has 7 nitrogen and oxygen atoms in total. The number of rotatable bonds is 8. The minimum Gasteiger partial charge on any atom is -0.494 e. The molecule has 0 radical (unpaired) electrons. The summed E-state index contributed by atoms with van der Waals surface area (Å²) in [6.07, 6.45) is -4.49. The van der Waals surface area contributed by atoms with Gasteiger partial charge in [0.15, 0.2) is 0 Å². The van der Waals surface area contributed by atoms with E-state index in [1.165, 1.54) is 0 Å². The molecule has 1 heterocycles. The van der Waals surface area contributed by atoms with Gasteiger partial charge in [-0.1, -0.05) is 35.9 Å². The lowest BCUT2D eigenvalue weighted by Crippen LogP contribution is -2.53. The second kappa shape index (κ2) is 10.7. The van der Waals surface area contributed by atoms with Crippen molar-refractivity contribution in [3.63, 3.8) is 0 Å². The molecule has 5 unspecified atom stereocenters. The number of hydrogen-bond acceptors (Lipinski definition) is 7. The molecule has 168 valence electrons. The van der Waals surface area contributed by atoms with Crippen molar-refractivity contribution in [3.8, 4) is 5.75 Å². The molecule has 3 rings (SSSR count). The van der Waals surface area contributed by atoms with Crippen LogP contribution in [0.4, 0.5) is 0 Å². The number of thioether (sulfide) groups is 1. The Morgan fingerprint density at radius 3 is 2.48 bits per heavy atom. The molecule has 2 aromatic carbocycles. The molecule has 0 bridgehead atoms. The minimum atomic E-state index is -1.44. The van der Waals surface area contributed by atoms with E-state index in [0.29, 0.717) is 23.6 Å². The number of hydrogen-bond donors (Lipinski definition) is 4. The first-order chi connectivity index (χ1) is 14.8. The maximum Gasteiger partial charge on any atom is 0.227 e. The Balaban J connectivity index is 1.80. The van der Waals surface area contributed by atoms with Crippen molar-refractivity contribution >= 4 is 29.3 Å². The third-order valence-electron chi connectivity index (χ3n) is 4.99. The fourth-order valence-electron chi connectivity index (χ4n) is 3.42. The first kappa shape index (κ1) is 23.8. The molecule has 0 aliphatic carbocycles. The van der Waals surface area contributed by atoms with Gasteiger partial charge in [-0.25, -0.2) is 0 Å². The van der Waals surface area contributed by atoms with E-state index in [4.69, 9.17) is 26.8 Å². The standard InChI is InChI=1S/C22H26ClNO6S/c1-2-29-15-6-3-12(4-7-15)9-14-10-13(5-8-16(14)23)21-19(27)18(26)20(28)22(30-21)31-11-17(24)25/h3-8,10,18-22,26-28H,2,9,11H2,1H3,(H2,24,25). The lowest BCUT2D eigenvalue weighted by molar-refractivity contribution is -0.200. The topological polar surface area (TPSA) is 122 Å². The Hall–Kier alpha value is -1.81. The van der Waals surface area contributed by atoms with Crippen LogP contribution in [0, 0.1) is 0 Å². The number of aliphatic hydroxyl groups is 3. The summed E-state index contributed by atoms with van der Waals surface area (Å²) in [5.41, 5.74) is 6.70. The number of ether oxygens (including phenoxy) is 2. The lowest BCUT2D eigenvalue weighted by Gasteiger charge is -2.40. The minimum absolute atomic E-state index is 0.0825. The van der Waals surface area contributed by atoms with Gasteiger partial charge in [-0.2, -0.15) is 0 Å². The summed E-state index contributed by atoms with van der Waals surface area (Å²) >= 11 is 7.37. The van der Waals surface area contributed by atoms with Crippen molar-refractivity contribution in [2.45, 2.75) is 43.2 Å². The van der Waals surface area contributed by atoms with Gasteiger partial charge < -0.3 is 30.5 Å². The van der Waals surface area contributed by atoms with Gasteiger partial charge in [0.05, 0.1) is 12.4 Å². The Bertz CT molecular complexity index is 896. The zero-order valence-corrected chi connectivity index (χ0v) is 18.6. The zero-order chi connectivity index (χ0) is 22.5. The predicted octanol–water partition coefficient (Wildman–Crippen LogP) is 2.03. The van der Waals surface area contributed by atoms with Crippen molar-refractivity contribution < 1.29 is 29.6 Å². The molecule has 1 amide bonds. The Kier molecular flexibility index (Phi) is 8.21. The van der Waals surface area contributed by atoms with Crippen LogP contribution in [0.5, 0.6) is 5.75 Å². The van der Waals surface area contributed by atoms with Crippen LogP contribution < -0.4 is 10.5 Å². The highest BCUT2D eigenvalue weighted by Gasteiger charge is 2.44. The molecule has 31 heavy (non-hydrogen) atoms. The lowest BCUT2D eigenvalue weighted by atomic mass is 9.92. The van der Waals surface area contributed by atoms with E-state index >= 15 is 0 Å². The number of amides is 1. The molecule has 2 aromatic rings. The predicted molar refractivity (Wildman–Crippen MR) is 119 cm³/mol. The number of nitrogens with two attached hydrogens (primary N) is 1. The number of halogens is 1. The van der Waals surface area contributed by atoms with Crippen LogP contribution in [-0.4, -0.2) is 57.3 Å². The fraction of sp³-hybridized carbons (Fsp3) is 0.409. The molecule has 1 aliphatic rings. The van der Waals surface area contributed by atoms with Gasteiger partial charge in [-0.05, 0) is 48.2 Å². The second-order valence-corrected chi connectivity index (χ2v) is 8.77. The molecule has 5 N–H and O–H groups in total. The molecular formula is C22H26ClNO6S. The summed E-state index contributed by atoms with van der Waals surface area (Å²) in [6.45, 7) is 2.52. The quantitative estimate of drug-likeness (QED) is 0.468. The smallest absolute Gasteiger partial charge is 0.227 e. The average molecular weight is 468 g/mol. The van der Waals surface area contributed by atoms with Crippen LogP contribution in [-0.2, 0) is 16.0 Å². The SMILES string of the molecule is CCOc1ccc(Cc2cc(C3OC(SCC(N)=O)C(O)C(O)C3O)ccc2Cl)cc1. The maximum atomic E-state index is 11.1.